The Morgan fingerprint density at radius 3 is 2.37 bits per heavy atom. The molecule has 5 heteroatoms. The Morgan fingerprint density at radius 1 is 0.926 bits per heavy atom. The monoisotopic (exact) mass is 360 g/mol. The first kappa shape index (κ1) is 18.2. The SMILES string of the molecule is CNc1ccccc1NC(=O)/C=C/c1ccc(CC(=O)c2ccccc2)o1. The quantitative estimate of drug-likeness (QED) is 0.484. The van der Waals surface area contributed by atoms with Crippen LogP contribution in [-0.2, 0) is 11.2 Å². The van der Waals surface area contributed by atoms with Gasteiger partial charge in [0.15, 0.2) is 5.78 Å². The second-order valence-corrected chi connectivity index (χ2v) is 5.89. The molecule has 3 rings (SSSR count). The lowest BCUT2D eigenvalue weighted by Crippen LogP contribution is -2.09. The summed E-state index contributed by atoms with van der Waals surface area (Å²) in [5.41, 5.74) is 2.18. The van der Waals surface area contributed by atoms with E-state index in [1.54, 1.807) is 37.4 Å². The molecular formula is C22H20N2O3. The van der Waals surface area contributed by atoms with Gasteiger partial charge in [-0.3, -0.25) is 9.59 Å². The van der Waals surface area contributed by atoms with E-state index in [9.17, 15) is 9.59 Å². The van der Waals surface area contributed by atoms with Crippen molar-refractivity contribution in [3.8, 4) is 0 Å². The largest absolute Gasteiger partial charge is 0.461 e. The average molecular weight is 360 g/mol. The molecule has 0 aliphatic heterocycles. The Labute approximate surface area is 157 Å². The van der Waals surface area contributed by atoms with E-state index in [0.29, 0.717) is 22.8 Å². The zero-order valence-electron chi connectivity index (χ0n) is 14.9. The summed E-state index contributed by atoms with van der Waals surface area (Å²) >= 11 is 0. The Kier molecular flexibility index (Phi) is 5.84. The Bertz CT molecular complexity index is 958. The third-order valence-electron chi connectivity index (χ3n) is 3.97. The highest BCUT2D eigenvalue weighted by atomic mass is 16.3. The molecule has 27 heavy (non-hydrogen) atoms. The first-order valence-electron chi connectivity index (χ1n) is 8.58. The number of Topliss-reactive ketones (excluding diaryl/α,β-unsaturated/α-hetero) is 1. The predicted octanol–water partition coefficient (Wildman–Crippen LogP) is 4.40. The third kappa shape index (κ3) is 4.95. The van der Waals surface area contributed by atoms with Crippen molar-refractivity contribution in [3.63, 3.8) is 0 Å². The third-order valence-corrected chi connectivity index (χ3v) is 3.97. The Balaban J connectivity index is 1.60. The highest BCUT2D eigenvalue weighted by Crippen LogP contribution is 2.20. The minimum Gasteiger partial charge on any atom is -0.461 e. The number of furan rings is 1. The molecule has 0 aliphatic carbocycles. The topological polar surface area (TPSA) is 71.3 Å². The van der Waals surface area contributed by atoms with Crippen molar-refractivity contribution in [1.82, 2.24) is 0 Å². The molecule has 0 fully saturated rings. The fraction of sp³-hybridized carbons (Fsp3) is 0.0909. The van der Waals surface area contributed by atoms with Gasteiger partial charge >= 0.3 is 0 Å². The summed E-state index contributed by atoms with van der Waals surface area (Å²) in [6.45, 7) is 0. The smallest absolute Gasteiger partial charge is 0.248 e. The number of amides is 1. The van der Waals surface area contributed by atoms with Crippen molar-refractivity contribution in [2.45, 2.75) is 6.42 Å². The van der Waals surface area contributed by atoms with Gasteiger partial charge < -0.3 is 15.1 Å². The van der Waals surface area contributed by atoms with Gasteiger partial charge in [-0.05, 0) is 30.3 Å². The van der Waals surface area contributed by atoms with Crippen molar-refractivity contribution in [1.29, 1.82) is 0 Å². The minimum absolute atomic E-state index is 0.0121. The molecule has 0 atom stereocenters. The minimum atomic E-state index is -0.268. The summed E-state index contributed by atoms with van der Waals surface area (Å²) in [5.74, 6) is 0.797. The van der Waals surface area contributed by atoms with Crippen molar-refractivity contribution in [2.75, 3.05) is 17.7 Å². The molecule has 0 saturated carbocycles. The molecule has 0 saturated heterocycles. The number of rotatable bonds is 7. The number of hydrogen-bond donors (Lipinski definition) is 2. The van der Waals surface area contributed by atoms with Gasteiger partial charge in [0.2, 0.25) is 5.91 Å². The van der Waals surface area contributed by atoms with Crippen molar-refractivity contribution >= 4 is 29.1 Å². The highest BCUT2D eigenvalue weighted by Gasteiger charge is 2.09. The maximum Gasteiger partial charge on any atom is 0.248 e. The molecule has 3 aromatic rings. The molecule has 5 nitrogen and oxygen atoms in total. The summed E-state index contributed by atoms with van der Waals surface area (Å²) in [7, 11) is 1.79. The lowest BCUT2D eigenvalue weighted by atomic mass is 10.1. The molecule has 0 bridgehead atoms. The van der Waals surface area contributed by atoms with Gasteiger partial charge in [-0.15, -0.1) is 0 Å². The predicted molar refractivity (Wildman–Crippen MR) is 107 cm³/mol. The van der Waals surface area contributed by atoms with Crippen molar-refractivity contribution in [3.05, 3.63) is 89.9 Å². The Hall–Kier alpha value is -3.60. The van der Waals surface area contributed by atoms with Gasteiger partial charge in [0.05, 0.1) is 17.8 Å². The van der Waals surface area contributed by atoms with E-state index in [0.717, 1.165) is 5.69 Å². The van der Waals surface area contributed by atoms with Crippen LogP contribution in [0.1, 0.15) is 21.9 Å². The summed E-state index contributed by atoms with van der Waals surface area (Å²) in [5, 5.41) is 5.83. The van der Waals surface area contributed by atoms with Crippen LogP contribution in [0.15, 0.2) is 77.2 Å². The lowest BCUT2D eigenvalue weighted by Gasteiger charge is -2.08. The molecule has 1 heterocycles. The van der Waals surface area contributed by atoms with Crippen molar-refractivity contribution < 1.29 is 14.0 Å². The van der Waals surface area contributed by atoms with Gasteiger partial charge in [-0.2, -0.15) is 0 Å². The highest BCUT2D eigenvalue weighted by molar-refractivity contribution is 6.03. The average Bonchev–Trinajstić information content (AvgIpc) is 3.15. The number of para-hydroxylation sites is 2. The maximum absolute atomic E-state index is 12.2. The van der Waals surface area contributed by atoms with Crippen LogP contribution < -0.4 is 10.6 Å². The van der Waals surface area contributed by atoms with Crippen LogP contribution in [0.4, 0.5) is 11.4 Å². The molecule has 1 aromatic heterocycles. The number of carbonyl (C=O) groups excluding carboxylic acids is 2. The van der Waals surface area contributed by atoms with E-state index in [1.165, 1.54) is 6.08 Å². The van der Waals surface area contributed by atoms with Crippen LogP contribution >= 0.6 is 0 Å². The second kappa shape index (κ2) is 8.67. The molecule has 136 valence electrons. The number of carbonyl (C=O) groups is 2. The fourth-order valence-corrected chi connectivity index (χ4v) is 2.61. The van der Waals surface area contributed by atoms with E-state index in [4.69, 9.17) is 4.42 Å². The van der Waals surface area contributed by atoms with Crippen LogP contribution in [0, 0.1) is 0 Å². The first-order chi connectivity index (χ1) is 13.2. The number of ketones is 1. The van der Waals surface area contributed by atoms with Gasteiger partial charge in [-0.25, -0.2) is 0 Å². The van der Waals surface area contributed by atoms with E-state index in [-0.39, 0.29) is 18.1 Å². The van der Waals surface area contributed by atoms with Gasteiger partial charge in [0.25, 0.3) is 0 Å². The molecule has 0 spiro atoms. The molecule has 0 radical (unpaired) electrons. The van der Waals surface area contributed by atoms with Crippen LogP contribution in [-0.4, -0.2) is 18.7 Å². The van der Waals surface area contributed by atoms with Crippen molar-refractivity contribution in [2.24, 2.45) is 0 Å². The molecular weight excluding hydrogens is 340 g/mol. The number of benzene rings is 2. The summed E-state index contributed by atoms with van der Waals surface area (Å²) in [6.07, 6.45) is 3.15. The maximum atomic E-state index is 12.2. The first-order valence-corrected chi connectivity index (χ1v) is 8.58. The van der Waals surface area contributed by atoms with Crippen LogP contribution in [0.3, 0.4) is 0 Å². The summed E-state index contributed by atoms with van der Waals surface area (Å²) in [6, 6.07) is 20.0. The van der Waals surface area contributed by atoms with Crippen LogP contribution in [0.5, 0.6) is 0 Å². The normalized spacial score (nSPS) is 10.7. The zero-order valence-corrected chi connectivity index (χ0v) is 14.9. The molecule has 0 unspecified atom stereocenters. The molecule has 2 aromatic carbocycles. The van der Waals surface area contributed by atoms with Crippen LogP contribution in [0.2, 0.25) is 0 Å². The number of anilines is 2. The van der Waals surface area contributed by atoms with Gasteiger partial charge in [-0.1, -0.05) is 42.5 Å². The summed E-state index contributed by atoms with van der Waals surface area (Å²) in [4.78, 5) is 24.3. The fourth-order valence-electron chi connectivity index (χ4n) is 2.61. The zero-order chi connectivity index (χ0) is 19.1. The van der Waals surface area contributed by atoms with E-state index < -0.39 is 0 Å². The Morgan fingerprint density at radius 2 is 1.63 bits per heavy atom. The molecule has 2 N–H and O–H groups in total. The van der Waals surface area contributed by atoms with E-state index >= 15 is 0 Å². The number of hydrogen-bond acceptors (Lipinski definition) is 4. The van der Waals surface area contributed by atoms with Gasteiger partial charge in [0.1, 0.15) is 11.5 Å². The second-order valence-electron chi connectivity index (χ2n) is 5.89. The van der Waals surface area contributed by atoms with Crippen LogP contribution in [0.25, 0.3) is 6.08 Å². The molecule has 0 aliphatic rings. The van der Waals surface area contributed by atoms with E-state index in [1.807, 2.05) is 42.5 Å². The van der Waals surface area contributed by atoms with E-state index in [2.05, 4.69) is 10.6 Å². The number of nitrogens with one attached hydrogen (secondary N) is 2. The van der Waals surface area contributed by atoms with Gasteiger partial charge in [0, 0.05) is 18.7 Å². The molecule has 1 amide bonds. The summed E-state index contributed by atoms with van der Waals surface area (Å²) < 4.78 is 5.62. The lowest BCUT2D eigenvalue weighted by molar-refractivity contribution is -0.111. The standard InChI is InChI=1S/C22H20N2O3/c1-23-19-9-5-6-10-20(19)24-22(26)14-13-17-11-12-18(27-17)15-21(25)16-7-3-2-4-8-16/h2-14,23H,15H2,1H3,(H,24,26)/b14-13+.